The van der Waals surface area contributed by atoms with Crippen LogP contribution in [-0.4, -0.2) is 6.71 Å². The highest BCUT2D eigenvalue weighted by molar-refractivity contribution is 7.00. The Labute approximate surface area is 530 Å². The molecule has 0 atom stereocenters. The normalized spacial score (nSPS) is 19.7. The standard InChI is InChI=1S/C84H98BN3/c1-51-42-63-66(82(16,17)40-38-79(63,10)11)49-70(51)88-71-46-59-58-24-22-23-25-60(58)84(20,21)62(59)47-68(71)85-69-48-65-67(83(18,19)41-39-81(65,14)15)50-72(69)87(56-34-35-61-64(43-56)80(12,13)37-36-78(61,8)9)73-44-57(45-74(88)75(73)85)86(54-30-26-52(27-31-54)76(2,3)4)55-32-28-53(29-33-55)77(5,6)7/h22-35,42-50H,36-41H2,1-21H3. The van der Waals surface area contributed by atoms with Gasteiger partial charge in [-0.3, -0.25) is 0 Å². The summed E-state index contributed by atoms with van der Waals surface area (Å²) in [7, 11) is 0. The van der Waals surface area contributed by atoms with Gasteiger partial charge in [0.2, 0.25) is 0 Å². The Morgan fingerprint density at radius 3 is 1.28 bits per heavy atom. The fraction of sp³-hybridized carbons (Fsp3) is 0.429. The number of anilines is 9. The van der Waals surface area contributed by atoms with Gasteiger partial charge in [-0.1, -0.05) is 211 Å². The van der Waals surface area contributed by atoms with Crippen LogP contribution in [0.3, 0.4) is 0 Å². The third-order valence-corrected chi connectivity index (χ3v) is 23.5. The largest absolute Gasteiger partial charge is 0.311 e. The Balaban J connectivity index is 1.17. The van der Waals surface area contributed by atoms with Crippen LogP contribution in [0.25, 0.3) is 11.1 Å². The van der Waals surface area contributed by atoms with Crippen LogP contribution in [0.5, 0.6) is 0 Å². The van der Waals surface area contributed by atoms with Gasteiger partial charge in [-0.2, -0.15) is 0 Å². The quantitative estimate of drug-likeness (QED) is 0.159. The molecule has 0 amide bonds. The lowest BCUT2D eigenvalue weighted by Gasteiger charge is -2.49. The van der Waals surface area contributed by atoms with Gasteiger partial charge in [-0.05, 0) is 244 Å². The lowest BCUT2D eigenvalue weighted by Crippen LogP contribution is -2.62. The van der Waals surface area contributed by atoms with E-state index in [4.69, 9.17) is 0 Å². The van der Waals surface area contributed by atoms with Gasteiger partial charge in [0.05, 0.1) is 5.69 Å². The Bertz CT molecular complexity index is 4160. The maximum Gasteiger partial charge on any atom is 0.252 e. The number of hydrogen-bond donors (Lipinski definition) is 0. The third-order valence-electron chi connectivity index (χ3n) is 23.5. The lowest BCUT2D eigenvalue weighted by atomic mass is 9.33. The van der Waals surface area contributed by atoms with Gasteiger partial charge < -0.3 is 14.7 Å². The van der Waals surface area contributed by atoms with Crippen LogP contribution >= 0.6 is 0 Å². The SMILES string of the molecule is Cc1cc2c(cc1N1c3cc4c(cc3B3c5cc6c(cc5N(c5ccc7c(c5)C(C)(C)CCC7(C)C)c5cc(N(c7ccc(C(C)(C)C)cc7)c7ccc(C(C)(C)C)cc7)cc1c53)C(C)(C)CCC6(C)C)C(C)(C)c1ccccc1-4)C(C)(C)CCC2(C)C. The average molecular weight is 1160 g/mol. The second kappa shape index (κ2) is 18.9. The van der Waals surface area contributed by atoms with Crippen LogP contribution in [0.4, 0.5) is 51.2 Å². The second-order valence-electron chi connectivity index (χ2n) is 34.7. The van der Waals surface area contributed by atoms with Crippen LogP contribution in [0.1, 0.15) is 238 Å². The molecule has 14 rings (SSSR count). The molecule has 6 aliphatic rings. The van der Waals surface area contributed by atoms with Gasteiger partial charge in [0.1, 0.15) is 0 Å². The summed E-state index contributed by atoms with van der Waals surface area (Å²) in [5.41, 5.74) is 33.6. The van der Waals surface area contributed by atoms with E-state index in [-0.39, 0.29) is 55.4 Å². The Hall–Kier alpha value is -6.78. The highest BCUT2D eigenvalue weighted by Crippen LogP contribution is 2.58. The van der Waals surface area contributed by atoms with Crippen LogP contribution in [0.15, 0.2) is 140 Å². The van der Waals surface area contributed by atoms with Crippen molar-refractivity contribution in [2.45, 2.75) is 233 Å². The molecule has 0 unspecified atom stereocenters. The monoisotopic (exact) mass is 1160 g/mol. The summed E-state index contributed by atoms with van der Waals surface area (Å²) in [6.45, 7) is 51.3. The predicted octanol–water partition coefficient (Wildman–Crippen LogP) is 21.5. The maximum atomic E-state index is 2.78. The molecule has 0 bridgehead atoms. The van der Waals surface area contributed by atoms with E-state index < -0.39 is 0 Å². The summed E-state index contributed by atoms with van der Waals surface area (Å²) in [5.74, 6) is 0. The van der Waals surface area contributed by atoms with Crippen molar-refractivity contribution in [1.82, 2.24) is 0 Å². The van der Waals surface area contributed by atoms with E-state index in [0.29, 0.717) is 0 Å². The molecule has 0 saturated heterocycles. The van der Waals surface area contributed by atoms with Crippen molar-refractivity contribution in [1.29, 1.82) is 0 Å². The van der Waals surface area contributed by atoms with E-state index in [9.17, 15) is 0 Å². The van der Waals surface area contributed by atoms with Crippen molar-refractivity contribution in [3.8, 4) is 11.1 Å². The van der Waals surface area contributed by atoms with Crippen molar-refractivity contribution in [3.05, 3.63) is 201 Å². The molecular formula is C84H98BN3. The Kier molecular flexibility index (Phi) is 12.6. The maximum absolute atomic E-state index is 2.78. The molecule has 8 aromatic carbocycles. The lowest BCUT2D eigenvalue weighted by molar-refractivity contribution is 0.332. The van der Waals surface area contributed by atoms with E-state index in [1.54, 1.807) is 0 Å². The van der Waals surface area contributed by atoms with Crippen LogP contribution in [0.2, 0.25) is 0 Å². The minimum Gasteiger partial charge on any atom is -0.311 e. The first kappa shape index (κ1) is 58.9. The van der Waals surface area contributed by atoms with E-state index >= 15 is 0 Å². The van der Waals surface area contributed by atoms with Crippen molar-refractivity contribution in [2.75, 3.05) is 14.7 Å². The van der Waals surface area contributed by atoms with Crippen LogP contribution in [-0.2, 0) is 48.7 Å². The summed E-state index contributed by atoms with van der Waals surface area (Å²) >= 11 is 0. The molecule has 4 heteroatoms. The zero-order valence-corrected chi connectivity index (χ0v) is 57.4. The molecule has 0 radical (unpaired) electrons. The summed E-state index contributed by atoms with van der Waals surface area (Å²) in [5, 5.41) is 0. The number of benzene rings is 8. The number of hydrogen-bond acceptors (Lipinski definition) is 3. The smallest absolute Gasteiger partial charge is 0.252 e. The minimum atomic E-state index is -0.198. The molecule has 0 fully saturated rings. The molecule has 0 aromatic heterocycles. The van der Waals surface area contributed by atoms with Crippen LogP contribution in [0, 0.1) is 6.92 Å². The summed E-state index contributed by atoms with van der Waals surface area (Å²) in [6, 6.07) is 57.3. The van der Waals surface area contributed by atoms with Gasteiger partial charge in [-0.25, -0.2) is 0 Å². The van der Waals surface area contributed by atoms with E-state index in [2.05, 4.69) is 300 Å². The molecule has 3 nitrogen and oxygen atoms in total. The van der Waals surface area contributed by atoms with Gasteiger partial charge in [-0.15, -0.1) is 0 Å². The highest BCUT2D eigenvalue weighted by Gasteiger charge is 2.50. The third kappa shape index (κ3) is 8.84. The zero-order valence-electron chi connectivity index (χ0n) is 57.4. The molecule has 0 saturated carbocycles. The highest BCUT2D eigenvalue weighted by atomic mass is 15.2. The van der Waals surface area contributed by atoms with Crippen LogP contribution < -0.4 is 31.1 Å². The number of rotatable bonds is 5. The fourth-order valence-electron chi connectivity index (χ4n) is 17.2. The van der Waals surface area contributed by atoms with Crippen molar-refractivity contribution in [3.63, 3.8) is 0 Å². The Morgan fingerprint density at radius 1 is 0.352 bits per heavy atom. The molecule has 0 spiro atoms. The first-order valence-electron chi connectivity index (χ1n) is 33.6. The fourth-order valence-corrected chi connectivity index (χ4v) is 17.2. The zero-order chi connectivity index (χ0) is 62.7. The summed E-state index contributed by atoms with van der Waals surface area (Å²) in [4.78, 5) is 8.14. The topological polar surface area (TPSA) is 9.72 Å². The minimum absolute atomic E-state index is 0.00144. The van der Waals surface area contributed by atoms with Gasteiger partial charge in [0.15, 0.2) is 0 Å². The molecule has 8 aromatic rings. The second-order valence-corrected chi connectivity index (χ2v) is 34.7. The molecule has 2 heterocycles. The Morgan fingerprint density at radius 2 is 0.773 bits per heavy atom. The number of fused-ring (bicyclic) bond motifs is 10. The van der Waals surface area contributed by atoms with Crippen molar-refractivity contribution < 1.29 is 0 Å². The average Bonchev–Trinajstić information content (AvgIpc) is 0.935. The first-order chi connectivity index (χ1) is 41.0. The van der Waals surface area contributed by atoms with E-state index in [1.807, 2.05) is 0 Å². The molecule has 452 valence electrons. The van der Waals surface area contributed by atoms with E-state index in [1.165, 1.54) is 136 Å². The molecule has 4 aliphatic carbocycles. The predicted molar refractivity (Wildman–Crippen MR) is 381 cm³/mol. The summed E-state index contributed by atoms with van der Waals surface area (Å²) in [6.07, 6.45) is 6.94. The van der Waals surface area contributed by atoms with E-state index in [0.717, 1.165) is 42.7 Å². The van der Waals surface area contributed by atoms with Gasteiger partial charge >= 0.3 is 0 Å². The van der Waals surface area contributed by atoms with Gasteiger partial charge in [0, 0.05) is 50.9 Å². The van der Waals surface area contributed by atoms with Crippen molar-refractivity contribution >= 4 is 74.3 Å². The first-order valence-corrected chi connectivity index (χ1v) is 33.6. The van der Waals surface area contributed by atoms with Crippen molar-refractivity contribution in [2.24, 2.45) is 0 Å². The summed E-state index contributed by atoms with van der Waals surface area (Å²) < 4.78 is 0. The molecular weight excluding hydrogens is 1060 g/mol. The van der Waals surface area contributed by atoms with Gasteiger partial charge in [0.25, 0.3) is 6.71 Å². The molecule has 0 N–H and O–H groups in total. The number of aryl methyl sites for hydroxylation is 1. The number of nitrogens with zero attached hydrogens (tertiary/aromatic N) is 3. The molecule has 88 heavy (non-hydrogen) atoms. The molecule has 2 aliphatic heterocycles.